The quantitative estimate of drug-likeness (QED) is 0.832. The fourth-order valence-corrected chi connectivity index (χ4v) is 5.52. The molecule has 3 rings (SSSR count). The van der Waals surface area contributed by atoms with Gasteiger partial charge in [0.2, 0.25) is 0 Å². The fraction of sp³-hybridized carbons (Fsp3) is 0.812. The maximum atomic E-state index is 11.7. The Bertz CT molecular complexity index is 590. The van der Waals surface area contributed by atoms with Crippen LogP contribution in [0.3, 0.4) is 0 Å². The molecular formula is C16H26N2O3S. The normalized spacial score (nSPS) is 25.8. The van der Waals surface area contributed by atoms with Crippen LogP contribution in [0.5, 0.6) is 0 Å². The summed E-state index contributed by atoms with van der Waals surface area (Å²) < 4.78 is 28.8. The Hall–Kier alpha value is -0.880. The van der Waals surface area contributed by atoms with Gasteiger partial charge in [-0.2, -0.15) is 0 Å². The van der Waals surface area contributed by atoms with Gasteiger partial charge in [-0.25, -0.2) is 8.42 Å². The molecule has 1 aliphatic carbocycles. The molecule has 0 bridgehead atoms. The summed E-state index contributed by atoms with van der Waals surface area (Å²) >= 11 is 0. The molecular weight excluding hydrogens is 300 g/mol. The van der Waals surface area contributed by atoms with E-state index < -0.39 is 9.84 Å². The van der Waals surface area contributed by atoms with Gasteiger partial charge in [-0.05, 0) is 25.8 Å². The van der Waals surface area contributed by atoms with Gasteiger partial charge in [0.15, 0.2) is 15.6 Å². The van der Waals surface area contributed by atoms with E-state index in [1.165, 1.54) is 32.1 Å². The van der Waals surface area contributed by atoms with Gasteiger partial charge in [-0.15, -0.1) is 0 Å². The zero-order valence-corrected chi connectivity index (χ0v) is 14.1. The SMILES string of the molecule is CCN(Cc1cc(C2CCCCC2)no1)[C@H]1CCS(=O)(=O)C1. The van der Waals surface area contributed by atoms with Gasteiger partial charge >= 0.3 is 0 Å². The van der Waals surface area contributed by atoms with Crippen LogP contribution in [0.1, 0.15) is 62.8 Å². The maximum absolute atomic E-state index is 11.7. The molecule has 1 atom stereocenters. The third-order valence-corrected chi connectivity index (χ3v) is 6.84. The molecule has 1 saturated carbocycles. The molecule has 22 heavy (non-hydrogen) atoms. The minimum atomic E-state index is -2.84. The van der Waals surface area contributed by atoms with Gasteiger partial charge in [0.05, 0.1) is 23.7 Å². The van der Waals surface area contributed by atoms with E-state index in [-0.39, 0.29) is 11.8 Å². The van der Waals surface area contributed by atoms with Crippen molar-refractivity contribution in [2.75, 3.05) is 18.1 Å². The van der Waals surface area contributed by atoms with E-state index in [1.807, 2.05) is 0 Å². The molecule has 6 heteroatoms. The van der Waals surface area contributed by atoms with E-state index in [1.54, 1.807) is 0 Å². The minimum absolute atomic E-state index is 0.123. The molecule has 0 aromatic carbocycles. The van der Waals surface area contributed by atoms with Crippen LogP contribution < -0.4 is 0 Å². The van der Waals surface area contributed by atoms with E-state index in [2.05, 4.69) is 23.0 Å². The highest BCUT2D eigenvalue weighted by atomic mass is 32.2. The lowest BCUT2D eigenvalue weighted by Crippen LogP contribution is -2.35. The lowest BCUT2D eigenvalue weighted by atomic mass is 9.87. The lowest BCUT2D eigenvalue weighted by Gasteiger charge is -2.25. The summed E-state index contributed by atoms with van der Waals surface area (Å²) in [5.74, 6) is 2.02. The van der Waals surface area contributed by atoms with Gasteiger partial charge in [0, 0.05) is 18.0 Å². The van der Waals surface area contributed by atoms with Crippen molar-refractivity contribution in [2.24, 2.45) is 0 Å². The summed E-state index contributed by atoms with van der Waals surface area (Å²) in [6.45, 7) is 3.57. The van der Waals surface area contributed by atoms with Crippen molar-refractivity contribution < 1.29 is 12.9 Å². The first-order chi connectivity index (χ1) is 10.6. The number of hydrogen-bond donors (Lipinski definition) is 0. The van der Waals surface area contributed by atoms with Gasteiger partial charge in [0.25, 0.3) is 0 Å². The monoisotopic (exact) mass is 326 g/mol. The first-order valence-electron chi connectivity index (χ1n) is 8.47. The number of aromatic nitrogens is 1. The minimum Gasteiger partial charge on any atom is -0.360 e. The zero-order chi connectivity index (χ0) is 15.6. The Morgan fingerprint density at radius 1 is 1.27 bits per heavy atom. The van der Waals surface area contributed by atoms with Gasteiger partial charge in [-0.3, -0.25) is 4.90 Å². The topological polar surface area (TPSA) is 63.4 Å². The van der Waals surface area contributed by atoms with E-state index in [0.717, 1.165) is 24.4 Å². The Balaban J connectivity index is 1.63. The smallest absolute Gasteiger partial charge is 0.151 e. The van der Waals surface area contributed by atoms with Crippen molar-refractivity contribution in [1.82, 2.24) is 10.1 Å². The summed E-state index contributed by atoms with van der Waals surface area (Å²) in [5.41, 5.74) is 1.09. The Labute approximate surface area is 133 Å². The van der Waals surface area contributed by atoms with Crippen LogP contribution in [0.2, 0.25) is 0 Å². The highest BCUT2D eigenvalue weighted by Gasteiger charge is 2.32. The molecule has 2 heterocycles. The van der Waals surface area contributed by atoms with E-state index in [0.29, 0.717) is 18.2 Å². The Kier molecular flexibility index (Phi) is 4.88. The highest BCUT2D eigenvalue weighted by Crippen LogP contribution is 2.32. The number of rotatable bonds is 5. The molecule has 0 spiro atoms. The zero-order valence-electron chi connectivity index (χ0n) is 13.3. The van der Waals surface area contributed by atoms with Crippen LogP contribution in [-0.2, 0) is 16.4 Å². The summed E-state index contributed by atoms with van der Waals surface area (Å²) in [5, 5.41) is 4.26. The molecule has 0 amide bonds. The predicted octanol–water partition coefficient (Wildman–Crippen LogP) is 2.73. The average molecular weight is 326 g/mol. The van der Waals surface area contributed by atoms with Gasteiger partial charge in [-0.1, -0.05) is 31.3 Å². The largest absolute Gasteiger partial charge is 0.360 e. The Morgan fingerprint density at radius 2 is 2.05 bits per heavy atom. The van der Waals surface area contributed by atoms with E-state index in [9.17, 15) is 8.42 Å². The molecule has 2 aliphatic rings. The summed E-state index contributed by atoms with van der Waals surface area (Å²) in [4.78, 5) is 2.20. The van der Waals surface area contributed by atoms with Crippen LogP contribution in [-0.4, -0.2) is 42.6 Å². The molecule has 1 aromatic heterocycles. The average Bonchev–Trinajstić information content (AvgIpc) is 3.12. The molecule has 1 aliphatic heterocycles. The van der Waals surface area contributed by atoms with Crippen molar-refractivity contribution in [1.29, 1.82) is 0 Å². The number of hydrogen-bond acceptors (Lipinski definition) is 5. The molecule has 0 unspecified atom stereocenters. The summed E-state index contributed by atoms with van der Waals surface area (Å²) in [6.07, 6.45) is 7.07. The fourth-order valence-electron chi connectivity index (χ4n) is 3.76. The molecule has 1 aromatic rings. The van der Waals surface area contributed by atoms with Gasteiger partial charge < -0.3 is 4.52 Å². The number of sulfone groups is 1. The summed E-state index contributed by atoms with van der Waals surface area (Å²) in [6, 6.07) is 2.21. The van der Waals surface area contributed by atoms with Crippen LogP contribution in [0, 0.1) is 0 Å². The lowest BCUT2D eigenvalue weighted by molar-refractivity contribution is 0.190. The highest BCUT2D eigenvalue weighted by molar-refractivity contribution is 7.91. The van der Waals surface area contributed by atoms with Crippen molar-refractivity contribution >= 4 is 9.84 Å². The number of nitrogens with zero attached hydrogens (tertiary/aromatic N) is 2. The molecule has 2 fully saturated rings. The molecule has 5 nitrogen and oxygen atoms in total. The van der Waals surface area contributed by atoms with Crippen LogP contribution in [0.25, 0.3) is 0 Å². The van der Waals surface area contributed by atoms with Crippen molar-refractivity contribution in [3.05, 3.63) is 17.5 Å². The molecule has 0 radical (unpaired) electrons. The molecule has 1 saturated heterocycles. The first kappa shape index (κ1) is 16.0. The van der Waals surface area contributed by atoms with E-state index in [4.69, 9.17) is 4.52 Å². The van der Waals surface area contributed by atoms with Crippen molar-refractivity contribution in [2.45, 2.75) is 64.0 Å². The second-order valence-electron chi connectivity index (χ2n) is 6.67. The third-order valence-electron chi connectivity index (χ3n) is 5.09. The second kappa shape index (κ2) is 6.71. The van der Waals surface area contributed by atoms with Crippen LogP contribution >= 0.6 is 0 Å². The van der Waals surface area contributed by atoms with E-state index >= 15 is 0 Å². The van der Waals surface area contributed by atoms with Crippen molar-refractivity contribution in [3.63, 3.8) is 0 Å². The van der Waals surface area contributed by atoms with Crippen molar-refractivity contribution in [3.8, 4) is 0 Å². The Morgan fingerprint density at radius 3 is 2.68 bits per heavy atom. The van der Waals surface area contributed by atoms with Crippen LogP contribution in [0.4, 0.5) is 0 Å². The predicted molar refractivity (Wildman–Crippen MR) is 85.5 cm³/mol. The molecule has 124 valence electrons. The van der Waals surface area contributed by atoms with Gasteiger partial charge in [0.1, 0.15) is 0 Å². The molecule has 0 N–H and O–H groups in total. The van der Waals surface area contributed by atoms with Crippen LogP contribution in [0.15, 0.2) is 10.6 Å². The second-order valence-corrected chi connectivity index (χ2v) is 8.90. The third kappa shape index (κ3) is 3.71. The maximum Gasteiger partial charge on any atom is 0.151 e. The standard InChI is InChI=1S/C16H26N2O3S/c1-2-18(14-8-9-22(19,20)12-14)11-15-10-16(17-21-15)13-6-4-3-5-7-13/h10,13-14H,2-9,11-12H2,1H3/t14-/m0/s1. The summed E-state index contributed by atoms with van der Waals surface area (Å²) in [7, 11) is -2.84. The first-order valence-corrected chi connectivity index (χ1v) is 10.3.